The first-order valence-corrected chi connectivity index (χ1v) is 8.83. The van der Waals surface area contributed by atoms with Gasteiger partial charge in [-0.25, -0.2) is 0 Å². The van der Waals surface area contributed by atoms with E-state index in [1.807, 2.05) is 0 Å². The van der Waals surface area contributed by atoms with E-state index in [9.17, 15) is 0 Å². The lowest BCUT2D eigenvalue weighted by Gasteiger charge is -2.24. The van der Waals surface area contributed by atoms with E-state index < -0.39 is 8.32 Å². The SMILES string of the molecule is C[Si](C)(C)OCCC1CCCNC1. The number of hydrogen-bond donors (Lipinski definition) is 1. The Morgan fingerprint density at radius 2 is 2.15 bits per heavy atom. The lowest BCUT2D eigenvalue weighted by molar-refractivity contribution is 0.249. The Balaban J connectivity index is 2.04. The molecular formula is C10H23NOSi. The molecule has 0 saturated carbocycles. The summed E-state index contributed by atoms with van der Waals surface area (Å²) in [7, 11) is -1.26. The summed E-state index contributed by atoms with van der Waals surface area (Å²) in [5, 5.41) is 3.44. The van der Waals surface area contributed by atoms with Crippen LogP contribution in [0.5, 0.6) is 0 Å². The van der Waals surface area contributed by atoms with Crippen molar-refractivity contribution >= 4 is 8.32 Å². The third-order valence-corrected chi connectivity index (χ3v) is 3.53. The molecule has 0 radical (unpaired) electrons. The Morgan fingerprint density at radius 1 is 1.38 bits per heavy atom. The summed E-state index contributed by atoms with van der Waals surface area (Å²) in [6, 6.07) is 0. The zero-order valence-corrected chi connectivity index (χ0v) is 10.2. The highest BCUT2D eigenvalue weighted by molar-refractivity contribution is 6.69. The molecule has 0 spiro atoms. The van der Waals surface area contributed by atoms with Gasteiger partial charge in [0.25, 0.3) is 0 Å². The summed E-state index contributed by atoms with van der Waals surface area (Å²) < 4.78 is 5.84. The van der Waals surface area contributed by atoms with Crippen molar-refractivity contribution in [2.75, 3.05) is 19.7 Å². The van der Waals surface area contributed by atoms with Gasteiger partial charge >= 0.3 is 0 Å². The van der Waals surface area contributed by atoms with Crippen molar-refractivity contribution in [3.8, 4) is 0 Å². The number of hydrogen-bond acceptors (Lipinski definition) is 2. The molecule has 0 amide bonds. The molecule has 0 aliphatic carbocycles. The van der Waals surface area contributed by atoms with Crippen molar-refractivity contribution in [1.29, 1.82) is 0 Å². The molecule has 78 valence electrons. The molecular weight excluding hydrogens is 178 g/mol. The molecule has 1 saturated heterocycles. The highest BCUT2D eigenvalue weighted by atomic mass is 28.4. The van der Waals surface area contributed by atoms with Gasteiger partial charge in [0.05, 0.1) is 0 Å². The number of rotatable bonds is 4. The summed E-state index contributed by atoms with van der Waals surface area (Å²) in [4.78, 5) is 0. The van der Waals surface area contributed by atoms with Gasteiger partial charge in [-0.1, -0.05) is 0 Å². The lowest BCUT2D eigenvalue weighted by atomic mass is 9.97. The van der Waals surface area contributed by atoms with Crippen LogP contribution in [0.2, 0.25) is 19.6 Å². The number of piperidine rings is 1. The number of nitrogens with one attached hydrogen (secondary N) is 1. The van der Waals surface area contributed by atoms with E-state index in [0.717, 1.165) is 12.5 Å². The minimum absolute atomic E-state index is 0.866. The lowest BCUT2D eigenvalue weighted by Crippen LogP contribution is -2.32. The fourth-order valence-corrected chi connectivity index (χ4v) is 2.43. The topological polar surface area (TPSA) is 21.3 Å². The fraction of sp³-hybridized carbons (Fsp3) is 1.00. The van der Waals surface area contributed by atoms with Gasteiger partial charge in [-0.05, 0) is 57.9 Å². The second-order valence-corrected chi connectivity index (χ2v) is 9.48. The molecule has 1 unspecified atom stereocenters. The smallest absolute Gasteiger partial charge is 0.183 e. The third kappa shape index (κ3) is 5.44. The minimum Gasteiger partial charge on any atom is -0.418 e. The molecule has 1 aliphatic heterocycles. The predicted octanol–water partition coefficient (Wildman–Crippen LogP) is 2.23. The average Bonchev–Trinajstić information content (AvgIpc) is 2.04. The molecule has 1 fully saturated rings. The monoisotopic (exact) mass is 201 g/mol. The molecule has 1 aliphatic rings. The van der Waals surface area contributed by atoms with Gasteiger partial charge < -0.3 is 9.74 Å². The molecule has 2 nitrogen and oxygen atoms in total. The molecule has 1 N–H and O–H groups in total. The van der Waals surface area contributed by atoms with Crippen LogP contribution in [-0.2, 0) is 4.43 Å². The van der Waals surface area contributed by atoms with Crippen molar-refractivity contribution in [1.82, 2.24) is 5.32 Å². The van der Waals surface area contributed by atoms with Crippen LogP contribution in [0, 0.1) is 5.92 Å². The normalized spacial score (nSPS) is 24.7. The van der Waals surface area contributed by atoms with Crippen molar-refractivity contribution in [3.63, 3.8) is 0 Å². The summed E-state index contributed by atoms with van der Waals surface area (Å²) in [5.41, 5.74) is 0. The van der Waals surface area contributed by atoms with Crippen molar-refractivity contribution in [3.05, 3.63) is 0 Å². The van der Waals surface area contributed by atoms with E-state index in [0.29, 0.717) is 0 Å². The van der Waals surface area contributed by atoms with Gasteiger partial charge in [0.1, 0.15) is 0 Å². The Bertz CT molecular complexity index is 138. The van der Waals surface area contributed by atoms with Gasteiger partial charge in [0, 0.05) is 6.61 Å². The van der Waals surface area contributed by atoms with Crippen molar-refractivity contribution in [2.45, 2.75) is 38.9 Å². The first-order chi connectivity index (χ1) is 6.08. The molecule has 1 rings (SSSR count). The van der Waals surface area contributed by atoms with Crippen LogP contribution in [-0.4, -0.2) is 28.0 Å². The van der Waals surface area contributed by atoms with Gasteiger partial charge in [-0.2, -0.15) is 0 Å². The molecule has 1 atom stereocenters. The van der Waals surface area contributed by atoms with Crippen LogP contribution in [0.1, 0.15) is 19.3 Å². The maximum absolute atomic E-state index is 5.84. The highest BCUT2D eigenvalue weighted by Crippen LogP contribution is 2.15. The van der Waals surface area contributed by atoms with E-state index in [1.165, 1.54) is 32.4 Å². The zero-order valence-electron chi connectivity index (χ0n) is 9.23. The molecule has 0 aromatic heterocycles. The van der Waals surface area contributed by atoms with E-state index in [1.54, 1.807) is 0 Å². The summed E-state index contributed by atoms with van der Waals surface area (Å²) in [5.74, 6) is 0.866. The Kier molecular flexibility index (Phi) is 4.42. The van der Waals surface area contributed by atoms with Crippen LogP contribution in [0.4, 0.5) is 0 Å². The third-order valence-electron chi connectivity index (χ3n) is 2.46. The van der Waals surface area contributed by atoms with Gasteiger partial charge in [-0.15, -0.1) is 0 Å². The van der Waals surface area contributed by atoms with Crippen LogP contribution >= 0.6 is 0 Å². The molecule has 1 heterocycles. The maximum Gasteiger partial charge on any atom is 0.183 e. The van der Waals surface area contributed by atoms with Gasteiger partial charge in [0.15, 0.2) is 8.32 Å². The summed E-state index contributed by atoms with van der Waals surface area (Å²) >= 11 is 0. The zero-order chi connectivity index (χ0) is 9.73. The second kappa shape index (κ2) is 5.13. The molecule has 0 aromatic rings. The predicted molar refractivity (Wildman–Crippen MR) is 59.5 cm³/mol. The largest absolute Gasteiger partial charge is 0.418 e. The Labute approximate surface area is 83.2 Å². The van der Waals surface area contributed by atoms with E-state index in [4.69, 9.17) is 4.43 Å². The van der Waals surface area contributed by atoms with Gasteiger partial charge in [0.2, 0.25) is 0 Å². The highest BCUT2D eigenvalue weighted by Gasteiger charge is 2.16. The fourth-order valence-electron chi connectivity index (χ4n) is 1.70. The minimum atomic E-state index is -1.26. The van der Waals surface area contributed by atoms with Crippen LogP contribution in [0.15, 0.2) is 0 Å². The Hall–Kier alpha value is 0.137. The quantitative estimate of drug-likeness (QED) is 0.704. The average molecular weight is 201 g/mol. The summed E-state index contributed by atoms with van der Waals surface area (Å²) in [6.45, 7) is 10.2. The first kappa shape index (κ1) is 11.2. The van der Waals surface area contributed by atoms with Crippen LogP contribution < -0.4 is 5.32 Å². The molecule has 0 aromatic carbocycles. The molecule has 13 heavy (non-hydrogen) atoms. The van der Waals surface area contributed by atoms with Crippen LogP contribution in [0.25, 0.3) is 0 Å². The first-order valence-electron chi connectivity index (χ1n) is 5.42. The van der Waals surface area contributed by atoms with Crippen LogP contribution in [0.3, 0.4) is 0 Å². The standard InChI is InChI=1S/C10H23NOSi/c1-13(2,3)12-8-6-10-5-4-7-11-9-10/h10-11H,4-9H2,1-3H3. The molecule has 3 heteroatoms. The summed E-state index contributed by atoms with van der Waals surface area (Å²) in [6.07, 6.45) is 3.98. The Morgan fingerprint density at radius 3 is 2.69 bits per heavy atom. The van der Waals surface area contributed by atoms with E-state index in [2.05, 4.69) is 25.0 Å². The second-order valence-electron chi connectivity index (χ2n) is 4.96. The van der Waals surface area contributed by atoms with E-state index in [-0.39, 0.29) is 0 Å². The van der Waals surface area contributed by atoms with Crippen molar-refractivity contribution < 1.29 is 4.43 Å². The molecule has 0 bridgehead atoms. The van der Waals surface area contributed by atoms with E-state index >= 15 is 0 Å². The van der Waals surface area contributed by atoms with Crippen molar-refractivity contribution in [2.24, 2.45) is 5.92 Å². The maximum atomic E-state index is 5.84. The van der Waals surface area contributed by atoms with Gasteiger partial charge in [-0.3, -0.25) is 0 Å².